The van der Waals surface area contributed by atoms with E-state index in [1.165, 1.54) is 0 Å². The molecular formula is C16H28ClN3. The van der Waals surface area contributed by atoms with E-state index in [4.69, 9.17) is 16.6 Å². The summed E-state index contributed by atoms with van der Waals surface area (Å²) in [4.78, 5) is 6.92. The van der Waals surface area contributed by atoms with E-state index in [0.29, 0.717) is 18.5 Å². The molecule has 3 nitrogen and oxygen atoms in total. The molecule has 0 aliphatic rings. The van der Waals surface area contributed by atoms with Gasteiger partial charge in [0.2, 0.25) is 0 Å². The van der Waals surface area contributed by atoms with E-state index in [9.17, 15) is 0 Å². The predicted octanol–water partition coefficient (Wildman–Crippen LogP) is 4.10. The largest absolute Gasteiger partial charge is 0.357 e. The van der Waals surface area contributed by atoms with Crippen molar-refractivity contribution >= 4 is 17.4 Å². The van der Waals surface area contributed by atoms with Crippen LogP contribution in [0.1, 0.15) is 47.2 Å². The lowest BCUT2D eigenvalue weighted by Crippen LogP contribution is -2.36. The Hall–Kier alpha value is -0.800. The van der Waals surface area contributed by atoms with E-state index < -0.39 is 0 Å². The van der Waals surface area contributed by atoms with Gasteiger partial charge in [-0.05, 0) is 45.7 Å². The molecule has 4 heteroatoms. The zero-order valence-electron chi connectivity index (χ0n) is 13.8. The lowest BCUT2D eigenvalue weighted by Gasteiger charge is -2.29. The monoisotopic (exact) mass is 297 g/mol. The van der Waals surface area contributed by atoms with Crippen LogP contribution in [0, 0.1) is 5.92 Å². The molecule has 0 saturated heterocycles. The summed E-state index contributed by atoms with van der Waals surface area (Å²) < 4.78 is 0. The highest BCUT2D eigenvalue weighted by Crippen LogP contribution is 2.22. The van der Waals surface area contributed by atoms with E-state index in [1.54, 1.807) is 0 Å². The standard InChI is InChI=1S/C16H28ClN3/c1-11(2)12(3)20(7)15-9-8-13(17)14(19-15)10-18-16(4,5)6/h8-9,11-12,18H,10H2,1-7H3. The van der Waals surface area contributed by atoms with Crippen molar-refractivity contribution in [2.24, 2.45) is 5.92 Å². The Morgan fingerprint density at radius 3 is 2.35 bits per heavy atom. The average molecular weight is 298 g/mol. The smallest absolute Gasteiger partial charge is 0.128 e. The Labute approximate surface area is 128 Å². The first-order valence-corrected chi connectivity index (χ1v) is 7.63. The van der Waals surface area contributed by atoms with Crippen LogP contribution >= 0.6 is 11.6 Å². The molecule has 1 atom stereocenters. The van der Waals surface area contributed by atoms with Crippen molar-refractivity contribution in [3.8, 4) is 0 Å². The van der Waals surface area contributed by atoms with Crippen LogP contribution in [0.4, 0.5) is 5.82 Å². The average Bonchev–Trinajstić information content (AvgIpc) is 2.35. The number of nitrogens with zero attached hydrogens (tertiary/aromatic N) is 2. The number of pyridine rings is 1. The van der Waals surface area contributed by atoms with Gasteiger partial charge in [-0.2, -0.15) is 0 Å². The Balaban J connectivity index is 2.91. The van der Waals surface area contributed by atoms with Crippen molar-refractivity contribution in [2.75, 3.05) is 11.9 Å². The molecule has 114 valence electrons. The zero-order valence-corrected chi connectivity index (χ0v) is 14.5. The van der Waals surface area contributed by atoms with Crippen molar-refractivity contribution in [3.63, 3.8) is 0 Å². The quantitative estimate of drug-likeness (QED) is 0.887. The first kappa shape index (κ1) is 17.3. The Kier molecular flexibility index (Phi) is 5.84. The maximum atomic E-state index is 6.25. The number of hydrogen-bond acceptors (Lipinski definition) is 3. The van der Waals surface area contributed by atoms with Gasteiger partial charge in [0.15, 0.2) is 0 Å². The van der Waals surface area contributed by atoms with Gasteiger partial charge in [0.05, 0.1) is 10.7 Å². The molecular weight excluding hydrogens is 270 g/mol. The molecule has 0 amide bonds. The number of hydrogen-bond donors (Lipinski definition) is 1. The van der Waals surface area contributed by atoms with Gasteiger partial charge in [0.25, 0.3) is 0 Å². The molecule has 1 N–H and O–H groups in total. The Morgan fingerprint density at radius 1 is 1.25 bits per heavy atom. The highest BCUT2D eigenvalue weighted by molar-refractivity contribution is 6.31. The molecule has 0 aliphatic heterocycles. The van der Waals surface area contributed by atoms with Crippen LogP contribution in [0.15, 0.2) is 12.1 Å². The molecule has 0 aliphatic carbocycles. The number of rotatable bonds is 5. The van der Waals surface area contributed by atoms with Crippen molar-refractivity contribution in [1.82, 2.24) is 10.3 Å². The highest BCUT2D eigenvalue weighted by Gasteiger charge is 2.17. The molecule has 0 aromatic carbocycles. The second kappa shape index (κ2) is 6.77. The van der Waals surface area contributed by atoms with Crippen molar-refractivity contribution in [2.45, 2.75) is 59.7 Å². The number of aromatic nitrogens is 1. The summed E-state index contributed by atoms with van der Waals surface area (Å²) >= 11 is 6.25. The van der Waals surface area contributed by atoms with Gasteiger partial charge in [-0.15, -0.1) is 0 Å². The third-order valence-corrected chi connectivity index (χ3v) is 3.97. The number of halogens is 1. The minimum absolute atomic E-state index is 0.0537. The van der Waals surface area contributed by atoms with Crippen LogP contribution in [0.5, 0.6) is 0 Å². The van der Waals surface area contributed by atoms with E-state index in [2.05, 4.69) is 58.8 Å². The molecule has 0 saturated carbocycles. The lowest BCUT2D eigenvalue weighted by atomic mass is 10.1. The van der Waals surface area contributed by atoms with Gasteiger partial charge in [-0.1, -0.05) is 25.4 Å². The minimum Gasteiger partial charge on any atom is -0.357 e. The third-order valence-electron chi connectivity index (χ3n) is 3.63. The van der Waals surface area contributed by atoms with Gasteiger partial charge >= 0.3 is 0 Å². The number of nitrogens with one attached hydrogen (secondary N) is 1. The van der Waals surface area contributed by atoms with Gasteiger partial charge in [0.1, 0.15) is 5.82 Å². The highest BCUT2D eigenvalue weighted by atomic mass is 35.5. The van der Waals surface area contributed by atoms with Crippen molar-refractivity contribution < 1.29 is 0 Å². The molecule has 0 fully saturated rings. The summed E-state index contributed by atoms with van der Waals surface area (Å²) in [5, 5.41) is 4.15. The van der Waals surface area contributed by atoms with Gasteiger partial charge in [-0.3, -0.25) is 0 Å². The third kappa shape index (κ3) is 4.95. The zero-order chi connectivity index (χ0) is 15.5. The summed E-state index contributed by atoms with van der Waals surface area (Å²) in [6, 6.07) is 4.36. The molecule has 1 rings (SSSR count). The second-order valence-electron chi connectivity index (χ2n) is 6.80. The lowest BCUT2D eigenvalue weighted by molar-refractivity contribution is 0.421. The molecule has 1 heterocycles. The van der Waals surface area contributed by atoms with Crippen LogP contribution in [-0.4, -0.2) is 23.6 Å². The maximum absolute atomic E-state index is 6.25. The van der Waals surface area contributed by atoms with Crippen molar-refractivity contribution in [3.05, 3.63) is 22.8 Å². The maximum Gasteiger partial charge on any atom is 0.128 e. The summed E-state index contributed by atoms with van der Waals surface area (Å²) in [7, 11) is 2.09. The van der Waals surface area contributed by atoms with Gasteiger partial charge in [-0.25, -0.2) is 4.98 Å². The topological polar surface area (TPSA) is 28.2 Å². The first-order valence-electron chi connectivity index (χ1n) is 7.25. The number of anilines is 1. The van der Waals surface area contributed by atoms with E-state index >= 15 is 0 Å². The molecule has 20 heavy (non-hydrogen) atoms. The SMILES string of the molecule is CC(C)C(C)N(C)c1ccc(Cl)c(CNC(C)(C)C)n1. The van der Waals surface area contributed by atoms with E-state index in [1.807, 2.05) is 12.1 Å². The molecule has 1 unspecified atom stereocenters. The molecule has 1 aromatic rings. The summed E-state index contributed by atoms with van der Waals surface area (Å²) in [6.07, 6.45) is 0. The predicted molar refractivity (Wildman–Crippen MR) is 88.5 cm³/mol. The fourth-order valence-electron chi connectivity index (χ4n) is 1.80. The van der Waals surface area contributed by atoms with Crippen LogP contribution in [0.2, 0.25) is 5.02 Å². The van der Waals surface area contributed by atoms with Crippen molar-refractivity contribution in [1.29, 1.82) is 0 Å². The van der Waals surface area contributed by atoms with Crippen LogP contribution in [0.3, 0.4) is 0 Å². The first-order chi connectivity index (χ1) is 9.11. The summed E-state index contributed by atoms with van der Waals surface area (Å²) in [5.74, 6) is 1.55. The molecule has 0 spiro atoms. The van der Waals surface area contributed by atoms with Crippen LogP contribution in [0.25, 0.3) is 0 Å². The summed E-state index contributed by atoms with van der Waals surface area (Å²) in [5.41, 5.74) is 0.958. The molecule has 1 aromatic heterocycles. The second-order valence-corrected chi connectivity index (χ2v) is 7.20. The Bertz CT molecular complexity index is 438. The van der Waals surface area contributed by atoms with Crippen LogP contribution < -0.4 is 10.2 Å². The Morgan fingerprint density at radius 2 is 1.85 bits per heavy atom. The van der Waals surface area contributed by atoms with Gasteiger partial charge < -0.3 is 10.2 Å². The van der Waals surface area contributed by atoms with E-state index in [0.717, 1.165) is 16.5 Å². The molecule has 0 radical (unpaired) electrons. The van der Waals surface area contributed by atoms with Crippen LogP contribution in [-0.2, 0) is 6.54 Å². The summed E-state index contributed by atoms with van der Waals surface area (Å²) in [6.45, 7) is 13.7. The minimum atomic E-state index is 0.0537. The fraction of sp³-hybridized carbons (Fsp3) is 0.688. The van der Waals surface area contributed by atoms with Gasteiger partial charge in [0, 0.05) is 25.2 Å². The van der Waals surface area contributed by atoms with E-state index in [-0.39, 0.29) is 5.54 Å². The fourth-order valence-corrected chi connectivity index (χ4v) is 1.97. The molecule has 0 bridgehead atoms. The normalized spacial score (nSPS) is 13.7.